The van der Waals surface area contributed by atoms with Crippen LogP contribution in [0.25, 0.3) is 0 Å². The van der Waals surface area contributed by atoms with Crippen molar-refractivity contribution in [2.75, 3.05) is 13.9 Å². The molecule has 0 aliphatic rings. The Labute approximate surface area is 127 Å². The van der Waals surface area contributed by atoms with Crippen LogP contribution >= 0.6 is 0 Å². The van der Waals surface area contributed by atoms with Gasteiger partial charge in [-0.2, -0.15) is 0 Å². The summed E-state index contributed by atoms with van der Waals surface area (Å²) in [6.45, 7) is 0.305. The van der Waals surface area contributed by atoms with Crippen molar-refractivity contribution in [3.8, 4) is 5.75 Å². The first-order valence-electron chi connectivity index (χ1n) is 6.77. The van der Waals surface area contributed by atoms with Crippen molar-refractivity contribution in [2.24, 2.45) is 0 Å². The van der Waals surface area contributed by atoms with Gasteiger partial charge in [-0.05, 0) is 0 Å². The van der Waals surface area contributed by atoms with Crippen molar-refractivity contribution in [2.45, 2.75) is 18.2 Å². The Bertz CT molecular complexity index is 482. The number of hydrogen-bond acceptors (Lipinski definition) is 2. The molecule has 2 aromatic rings. The monoisotopic (exact) mass is 336 g/mol. The molecule has 2 aromatic carbocycles. The van der Waals surface area contributed by atoms with Crippen molar-refractivity contribution in [3.63, 3.8) is 0 Å². The second kappa shape index (κ2) is 8.80. The van der Waals surface area contributed by atoms with E-state index in [2.05, 4.69) is 42.5 Å². The molecule has 20 heavy (non-hydrogen) atoms. The molecule has 0 bridgehead atoms. The van der Waals surface area contributed by atoms with E-state index in [4.69, 9.17) is 9.47 Å². The molecule has 0 spiro atoms. The van der Waals surface area contributed by atoms with Gasteiger partial charge < -0.3 is 0 Å². The third kappa shape index (κ3) is 5.38. The Hall–Kier alpha value is -1.28. The Morgan fingerprint density at radius 1 is 0.950 bits per heavy atom. The predicted octanol–water partition coefficient (Wildman–Crippen LogP) is 3.05. The summed E-state index contributed by atoms with van der Waals surface area (Å²) in [5.74, 6) is 0.865. The summed E-state index contributed by atoms with van der Waals surface area (Å²) in [5, 5.41) is 1.29. The zero-order chi connectivity index (χ0) is 14.0. The molecule has 0 aliphatic heterocycles. The Morgan fingerprint density at radius 3 is 2.40 bits per heavy atom. The van der Waals surface area contributed by atoms with E-state index in [1.54, 1.807) is 7.11 Å². The summed E-state index contributed by atoms with van der Waals surface area (Å²) < 4.78 is 11.7. The summed E-state index contributed by atoms with van der Waals surface area (Å²) in [5.41, 5.74) is 1.37. The molecular formula is C17H20O2Se. The van der Waals surface area contributed by atoms with Crippen LogP contribution in [0.4, 0.5) is 0 Å². The summed E-state index contributed by atoms with van der Waals surface area (Å²) in [6.07, 6.45) is 2.38. The first-order chi connectivity index (χ1) is 9.88. The average molecular weight is 335 g/mol. The van der Waals surface area contributed by atoms with Crippen LogP contribution in [0.5, 0.6) is 5.75 Å². The molecule has 0 radical (unpaired) electrons. The van der Waals surface area contributed by atoms with Crippen molar-refractivity contribution < 1.29 is 9.47 Å². The number of hydrogen-bond donors (Lipinski definition) is 0. The minimum atomic E-state index is 0.305. The van der Waals surface area contributed by atoms with Gasteiger partial charge in [0.05, 0.1) is 0 Å². The molecule has 0 fully saturated rings. The van der Waals surface area contributed by atoms with E-state index in [0.717, 1.165) is 12.2 Å². The topological polar surface area (TPSA) is 18.5 Å². The van der Waals surface area contributed by atoms with Crippen molar-refractivity contribution in [3.05, 3.63) is 60.2 Å². The Morgan fingerprint density at radius 2 is 1.70 bits per heavy atom. The Balaban J connectivity index is 1.69. The van der Waals surface area contributed by atoms with E-state index >= 15 is 0 Å². The van der Waals surface area contributed by atoms with Crippen LogP contribution in [0.1, 0.15) is 12.0 Å². The quantitative estimate of drug-likeness (QED) is 0.419. The number of methoxy groups -OCH3 is 1. The molecule has 2 nitrogen and oxygen atoms in total. The Kier molecular flexibility index (Phi) is 6.65. The summed E-state index contributed by atoms with van der Waals surface area (Å²) in [4.78, 5) is 0. The number of benzene rings is 2. The first kappa shape index (κ1) is 15.1. The fourth-order valence-electron chi connectivity index (χ4n) is 1.86. The molecular weight excluding hydrogens is 315 g/mol. The molecule has 0 amide bonds. The molecule has 0 aliphatic carbocycles. The van der Waals surface area contributed by atoms with Gasteiger partial charge in [-0.3, -0.25) is 0 Å². The average Bonchev–Trinajstić information content (AvgIpc) is 2.52. The van der Waals surface area contributed by atoms with Gasteiger partial charge in [0.2, 0.25) is 0 Å². The van der Waals surface area contributed by atoms with E-state index in [9.17, 15) is 0 Å². The third-order valence-electron chi connectivity index (χ3n) is 2.89. The first-order valence-corrected chi connectivity index (χ1v) is 8.84. The number of rotatable bonds is 8. The second-order valence-corrected chi connectivity index (χ2v) is 6.91. The van der Waals surface area contributed by atoms with Gasteiger partial charge >= 0.3 is 127 Å². The van der Waals surface area contributed by atoms with Gasteiger partial charge in [0.15, 0.2) is 0 Å². The molecule has 0 aromatic heterocycles. The predicted molar refractivity (Wildman–Crippen MR) is 83.9 cm³/mol. The van der Waals surface area contributed by atoms with Crippen LogP contribution in [-0.2, 0) is 11.2 Å². The fourth-order valence-corrected chi connectivity index (χ4v) is 3.70. The van der Waals surface area contributed by atoms with Gasteiger partial charge in [0, 0.05) is 0 Å². The minimum absolute atomic E-state index is 0.305. The SMILES string of the molecule is COCOc1ccc(CCC[Se]c2ccccc2)cc1. The molecule has 0 heterocycles. The molecule has 3 heteroatoms. The van der Waals surface area contributed by atoms with Crippen LogP contribution in [-0.4, -0.2) is 28.9 Å². The molecule has 0 saturated heterocycles. The molecule has 0 atom stereocenters. The number of aryl methyl sites for hydroxylation is 1. The van der Waals surface area contributed by atoms with Gasteiger partial charge in [0.25, 0.3) is 0 Å². The standard InChI is InChI=1S/C17H20O2Se/c1-18-14-19-16-11-9-15(10-12-16)6-5-13-20-17-7-3-2-4-8-17/h2-4,7-12H,5-6,13-14H2,1H3. The zero-order valence-electron chi connectivity index (χ0n) is 11.7. The molecule has 2 rings (SSSR count). The van der Waals surface area contributed by atoms with Crippen LogP contribution < -0.4 is 9.20 Å². The van der Waals surface area contributed by atoms with Crippen LogP contribution in [0, 0.1) is 0 Å². The van der Waals surface area contributed by atoms with Gasteiger partial charge in [-0.25, -0.2) is 0 Å². The van der Waals surface area contributed by atoms with Crippen molar-refractivity contribution in [1.29, 1.82) is 0 Å². The summed E-state index contributed by atoms with van der Waals surface area (Å²) >= 11 is 0.600. The van der Waals surface area contributed by atoms with Gasteiger partial charge in [0.1, 0.15) is 0 Å². The molecule has 0 saturated carbocycles. The third-order valence-corrected chi connectivity index (χ3v) is 5.19. The van der Waals surface area contributed by atoms with Crippen LogP contribution in [0.3, 0.4) is 0 Å². The number of ether oxygens (including phenoxy) is 2. The zero-order valence-corrected chi connectivity index (χ0v) is 13.5. The molecule has 0 N–H and O–H groups in total. The normalized spacial score (nSPS) is 10.4. The van der Waals surface area contributed by atoms with Crippen molar-refractivity contribution in [1.82, 2.24) is 0 Å². The second-order valence-electron chi connectivity index (χ2n) is 4.46. The summed E-state index contributed by atoms with van der Waals surface area (Å²) in [6, 6.07) is 19.1. The van der Waals surface area contributed by atoms with E-state index < -0.39 is 0 Å². The van der Waals surface area contributed by atoms with Crippen molar-refractivity contribution >= 4 is 19.4 Å². The van der Waals surface area contributed by atoms with E-state index in [1.165, 1.54) is 21.8 Å². The summed E-state index contributed by atoms with van der Waals surface area (Å²) in [7, 11) is 1.63. The van der Waals surface area contributed by atoms with Crippen LogP contribution in [0.2, 0.25) is 5.32 Å². The van der Waals surface area contributed by atoms with E-state index in [-0.39, 0.29) is 0 Å². The fraction of sp³-hybridized carbons (Fsp3) is 0.294. The van der Waals surface area contributed by atoms with E-state index in [1.807, 2.05) is 12.1 Å². The van der Waals surface area contributed by atoms with Crippen LogP contribution in [0.15, 0.2) is 54.6 Å². The molecule has 106 valence electrons. The molecule has 0 unspecified atom stereocenters. The van der Waals surface area contributed by atoms with E-state index in [0.29, 0.717) is 21.7 Å². The van der Waals surface area contributed by atoms with Gasteiger partial charge in [-0.15, -0.1) is 0 Å². The maximum absolute atomic E-state index is 5.37. The van der Waals surface area contributed by atoms with Gasteiger partial charge in [-0.1, -0.05) is 0 Å². The maximum atomic E-state index is 5.37.